The van der Waals surface area contributed by atoms with Gasteiger partial charge in [-0.25, -0.2) is 9.97 Å². The molecule has 2 heterocycles. The molecule has 4 aromatic rings. The summed E-state index contributed by atoms with van der Waals surface area (Å²) in [6, 6.07) is 17.2. The van der Waals surface area contributed by atoms with Gasteiger partial charge in [-0.15, -0.1) is 0 Å². The molecule has 0 bridgehead atoms. The highest BCUT2D eigenvalue weighted by molar-refractivity contribution is 9.10. The van der Waals surface area contributed by atoms with E-state index in [0.717, 1.165) is 15.4 Å². The minimum absolute atomic E-state index is 0.316. The van der Waals surface area contributed by atoms with Crippen LogP contribution in [0.1, 0.15) is 29.0 Å². The van der Waals surface area contributed by atoms with Gasteiger partial charge in [0.25, 0.3) is 5.88 Å². The Kier molecular flexibility index (Phi) is 8.94. The molecular weight excluding hydrogens is 562 g/mol. The maximum atomic E-state index is 13.0. The fraction of sp³-hybridized carbons (Fsp3) is 0.333. The van der Waals surface area contributed by atoms with E-state index in [1.165, 1.54) is 0 Å². The molecular formula is C30H34BrN3O5. The minimum atomic E-state index is -1.45. The van der Waals surface area contributed by atoms with Crippen molar-refractivity contribution in [1.82, 2.24) is 14.9 Å². The van der Waals surface area contributed by atoms with Crippen LogP contribution >= 0.6 is 15.9 Å². The number of aromatic nitrogens is 2. The molecule has 0 aliphatic rings. The van der Waals surface area contributed by atoms with Gasteiger partial charge >= 0.3 is 0 Å². The first-order valence-corrected chi connectivity index (χ1v) is 13.3. The molecule has 39 heavy (non-hydrogen) atoms. The summed E-state index contributed by atoms with van der Waals surface area (Å²) in [5, 5.41) is 13.9. The van der Waals surface area contributed by atoms with Gasteiger partial charge in [0.15, 0.2) is 5.75 Å². The molecule has 0 spiro atoms. The predicted octanol–water partition coefficient (Wildman–Crippen LogP) is 5.40. The van der Waals surface area contributed by atoms with E-state index in [1.807, 2.05) is 73.6 Å². The second kappa shape index (κ2) is 12.2. The van der Waals surface area contributed by atoms with E-state index in [2.05, 4.69) is 20.9 Å². The Balaban J connectivity index is 2.12. The van der Waals surface area contributed by atoms with E-state index in [1.54, 1.807) is 34.6 Å². The van der Waals surface area contributed by atoms with Gasteiger partial charge in [-0.3, -0.25) is 0 Å². The summed E-state index contributed by atoms with van der Waals surface area (Å²) in [7, 11) is 10.3. The number of nitrogens with zero attached hydrogens (tertiary/aromatic N) is 3. The van der Waals surface area contributed by atoms with Crippen LogP contribution < -0.4 is 18.9 Å². The number of hydrogen-bond acceptors (Lipinski definition) is 8. The molecule has 0 fully saturated rings. The van der Waals surface area contributed by atoms with Crippen LogP contribution in [0, 0.1) is 0 Å². The number of hydrogen-bond donors (Lipinski definition) is 1. The first kappa shape index (κ1) is 28.6. The monoisotopic (exact) mass is 595 g/mol. The van der Waals surface area contributed by atoms with Gasteiger partial charge in [0, 0.05) is 33.7 Å². The normalized spacial score (nSPS) is 13.7. The second-order valence-corrected chi connectivity index (χ2v) is 10.4. The Labute approximate surface area is 237 Å². The highest BCUT2D eigenvalue weighted by atomic mass is 79.9. The number of benzene rings is 2. The van der Waals surface area contributed by atoms with Gasteiger partial charge in [-0.05, 0) is 68.5 Å². The molecule has 2 atom stereocenters. The lowest BCUT2D eigenvalue weighted by Gasteiger charge is -2.39. The van der Waals surface area contributed by atoms with Crippen LogP contribution in [0.25, 0.3) is 10.9 Å². The lowest BCUT2D eigenvalue weighted by atomic mass is 9.71. The standard InChI is InChI=1S/C30H34BrN3O5/c1-34(2)15-13-30(35,20-8-7-9-22(18-20)36-3)26(23-12-14-32-29(39-6)27(23)37-4)24-17-19-16-21(31)10-11-25(19)33-28(24)38-5/h7-12,14,16-18,26,35H,13,15H2,1-6H3/t26-,30-/m1/s1. The summed E-state index contributed by atoms with van der Waals surface area (Å²) in [4.78, 5) is 11.2. The van der Waals surface area contributed by atoms with Crippen LogP contribution in [-0.4, -0.2) is 69.1 Å². The molecule has 0 saturated carbocycles. The first-order valence-electron chi connectivity index (χ1n) is 12.5. The van der Waals surface area contributed by atoms with Crippen molar-refractivity contribution < 1.29 is 24.1 Å². The average Bonchev–Trinajstić information content (AvgIpc) is 2.95. The van der Waals surface area contributed by atoms with E-state index < -0.39 is 11.5 Å². The number of methoxy groups -OCH3 is 4. The van der Waals surface area contributed by atoms with Crippen molar-refractivity contribution >= 4 is 26.8 Å². The second-order valence-electron chi connectivity index (χ2n) is 9.51. The molecule has 0 aliphatic carbocycles. The third kappa shape index (κ3) is 5.80. The lowest BCUT2D eigenvalue weighted by molar-refractivity contribution is 0.00295. The van der Waals surface area contributed by atoms with Crippen LogP contribution in [0.15, 0.2) is 65.3 Å². The molecule has 0 unspecified atom stereocenters. The quantitative estimate of drug-likeness (QED) is 0.247. The van der Waals surface area contributed by atoms with Crippen LogP contribution in [-0.2, 0) is 5.60 Å². The minimum Gasteiger partial charge on any atom is -0.497 e. The smallest absolute Gasteiger partial charge is 0.257 e. The molecule has 1 N–H and O–H groups in total. The summed E-state index contributed by atoms with van der Waals surface area (Å²) >= 11 is 3.58. The number of rotatable bonds is 11. The molecule has 2 aromatic heterocycles. The molecule has 4 rings (SSSR count). The van der Waals surface area contributed by atoms with E-state index in [9.17, 15) is 5.11 Å². The topological polar surface area (TPSA) is 86.2 Å². The zero-order chi connectivity index (χ0) is 28.2. The summed E-state index contributed by atoms with van der Waals surface area (Å²) in [5.74, 6) is 1.09. The Morgan fingerprint density at radius 3 is 2.33 bits per heavy atom. The summed E-state index contributed by atoms with van der Waals surface area (Å²) < 4.78 is 23.7. The highest BCUT2D eigenvalue weighted by Crippen LogP contribution is 2.51. The van der Waals surface area contributed by atoms with Gasteiger partial charge in [0.2, 0.25) is 5.88 Å². The number of ether oxygens (including phenoxy) is 4. The number of pyridine rings is 2. The Morgan fingerprint density at radius 2 is 1.67 bits per heavy atom. The number of aliphatic hydroxyl groups is 1. The van der Waals surface area contributed by atoms with Gasteiger partial charge in [-0.2, -0.15) is 0 Å². The first-order chi connectivity index (χ1) is 18.7. The predicted molar refractivity (Wildman–Crippen MR) is 155 cm³/mol. The fourth-order valence-electron chi connectivity index (χ4n) is 4.96. The van der Waals surface area contributed by atoms with Gasteiger partial charge in [0.1, 0.15) is 11.4 Å². The Hall–Kier alpha value is -3.40. The average molecular weight is 597 g/mol. The van der Waals surface area contributed by atoms with Crippen LogP contribution in [0.5, 0.6) is 23.3 Å². The summed E-state index contributed by atoms with van der Waals surface area (Å²) in [6.45, 7) is 0.601. The number of halogens is 1. The van der Waals surface area contributed by atoms with E-state index >= 15 is 0 Å². The SMILES string of the molecule is COc1cccc([C@](O)(CCN(C)C)[C@@H](c2cc3cc(Br)ccc3nc2OC)c2ccnc(OC)c2OC)c1. The summed E-state index contributed by atoms with van der Waals surface area (Å²) in [6.07, 6.45) is 2.03. The zero-order valence-electron chi connectivity index (χ0n) is 23.1. The number of fused-ring (bicyclic) bond motifs is 1. The van der Waals surface area contributed by atoms with E-state index in [4.69, 9.17) is 23.9 Å². The third-order valence-electron chi connectivity index (χ3n) is 6.87. The van der Waals surface area contributed by atoms with Crippen molar-refractivity contribution in [1.29, 1.82) is 0 Å². The Bertz CT molecular complexity index is 1450. The summed E-state index contributed by atoms with van der Waals surface area (Å²) in [5.41, 5.74) is 1.38. The van der Waals surface area contributed by atoms with Crippen molar-refractivity contribution in [2.75, 3.05) is 49.1 Å². The lowest BCUT2D eigenvalue weighted by Crippen LogP contribution is -2.38. The van der Waals surface area contributed by atoms with E-state index in [0.29, 0.717) is 52.9 Å². The molecule has 0 saturated heterocycles. The molecule has 8 nitrogen and oxygen atoms in total. The highest BCUT2D eigenvalue weighted by Gasteiger charge is 2.44. The van der Waals surface area contributed by atoms with Gasteiger partial charge < -0.3 is 29.0 Å². The van der Waals surface area contributed by atoms with Crippen molar-refractivity contribution in [2.24, 2.45) is 0 Å². The Morgan fingerprint density at radius 1 is 0.897 bits per heavy atom. The maximum Gasteiger partial charge on any atom is 0.257 e. The third-order valence-corrected chi connectivity index (χ3v) is 7.37. The molecule has 0 aliphatic heterocycles. The van der Waals surface area contributed by atoms with Crippen LogP contribution in [0.4, 0.5) is 0 Å². The molecule has 2 aromatic carbocycles. The van der Waals surface area contributed by atoms with Crippen molar-refractivity contribution in [3.8, 4) is 23.3 Å². The molecule has 9 heteroatoms. The van der Waals surface area contributed by atoms with Crippen molar-refractivity contribution in [3.63, 3.8) is 0 Å². The molecule has 206 valence electrons. The van der Waals surface area contributed by atoms with Crippen molar-refractivity contribution in [3.05, 3.63) is 82.0 Å². The fourth-order valence-corrected chi connectivity index (χ4v) is 5.34. The maximum absolute atomic E-state index is 13.0. The van der Waals surface area contributed by atoms with Crippen LogP contribution in [0.2, 0.25) is 0 Å². The largest absolute Gasteiger partial charge is 0.497 e. The van der Waals surface area contributed by atoms with Crippen LogP contribution in [0.3, 0.4) is 0 Å². The zero-order valence-corrected chi connectivity index (χ0v) is 24.7. The molecule has 0 amide bonds. The molecule has 0 radical (unpaired) electrons. The van der Waals surface area contributed by atoms with Gasteiger partial charge in [0.05, 0.1) is 39.9 Å². The van der Waals surface area contributed by atoms with Crippen molar-refractivity contribution in [2.45, 2.75) is 17.9 Å². The van der Waals surface area contributed by atoms with E-state index in [-0.39, 0.29) is 0 Å². The van der Waals surface area contributed by atoms with Gasteiger partial charge in [-0.1, -0.05) is 28.1 Å².